The number of anilines is 1. The summed E-state index contributed by atoms with van der Waals surface area (Å²) in [5, 5.41) is 0. The SMILES string of the molecule is CCC(CC)Oc1ccc(N)cc1. The van der Waals surface area contributed by atoms with Crippen molar-refractivity contribution in [1.29, 1.82) is 0 Å². The second kappa shape index (κ2) is 4.75. The second-order valence-corrected chi connectivity index (χ2v) is 3.13. The van der Waals surface area contributed by atoms with Gasteiger partial charge in [-0.25, -0.2) is 0 Å². The summed E-state index contributed by atoms with van der Waals surface area (Å²) in [6.45, 7) is 4.26. The second-order valence-electron chi connectivity index (χ2n) is 3.13. The molecule has 0 unspecified atom stereocenters. The largest absolute Gasteiger partial charge is 0.490 e. The molecule has 0 heterocycles. The highest BCUT2D eigenvalue weighted by molar-refractivity contribution is 5.41. The third kappa shape index (κ3) is 2.98. The fraction of sp³-hybridized carbons (Fsp3) is 0.455. The molecule has 0 spiro atoms. The van der Waals surface area contributed by atoms with Gasteiger partial charge in [0.15, 0.2) is 0 Å². The molecule has 0 bridgehead atoms. The van der Waals surface area contributed by atoms with Crippen LogP contribution >= 0.6 is 0 Å². The van der Waals surface area contributed by atoms with Crippen LogP contribution in [0.4, 0.5) is 5.69 Å². The zero-order valence-electron chi connectivity index (χ0n) is 8.29. The highest BCUT2D eigenvalue weighted by Gasteiger charge is 2.03. The van der Waals surface area contributed by atoms with Gasteiger partial charge in [-0.15, -0.1) is 0 Å². The van der Waals surface area contributed by atoms with E-state index < -0.39 is 0 Å². The van der Waals surface area contributed by atoms with Gasteiger partial charge in [-0.3, -0.25) is 0 Å². The molecule has 2 N–H and O–H groups in total. The van der Waals surface area contributed by atoms with E-state index in [4.69, 9.17) is 10.5 Å². The van der Waals surface area contributed by atoms with E-state index in [0.717, 1.165) is 24.3 Å². The summed E-state index contributed by atoms with van der Waals surface area (Å²) in [5.74, 6) is 0.905. The number of hydrogen-bond acceptors (Lipinski definition) is 2. The average molecular weight is 179 g/mol. The zero-order chi connectivity index (χ0) is 9.68. The van der Waals surface area contributed by atoms with E-state index in [2.05, 4.69) is 13.8 Å². The third-order valence-electron chi connectivity index (χ3n) is 2.09. The number of benzene rings is 1. The lowest BCUT2D eigenvalue weighted by atomic mass is 10.2. The summed E-state index contributed by atoms with van der Waals surface area (Å²) in [4.78, 5) is 0. The Morgan fingerprint density at radius 1 is 1.15 bits per heavy atom. The van der Waals surface area contributed by atoms with Gasteiger partial charge >= 0.3 is 0 Å². The summed E-state index contributed by atoms with van der Waals surface area (Å²) < 4.78 is 5.71. The van der Waals surface area contributed by atoms with Crippen LogP contribution < -0.4 is 10.5 Å². The lowest BCUT2D eigenvalue weighted by molar-refractivity contribution is 0.193. The van der Waals surface area contributed by atoms with Crippen molar-refractivity contribution in [3.8, 4) is 5.75 Å². The number of rotatable bonds is 4. The Kier molecular flexibility index (Phi) is 3.62. The molecule has 0 aliphatic rings. The Hall–Kier alpha value is -1.18. The van der Waals surface area contributed by atoms with Crippen molar-refractivity contribution in [3.05, 3.63) is 24.3 Å². The number of hydrogen-bond donors (Lipinski definition) is 1. The molecular weight excluding hydrogens is 162 g/mol. The minimum Gasteiger partial charge on any atom is -0.490 e. The van der Waals surface area contributed by atoms with Crippen LogP contribution in [0.15, 0.2) is 24.3 Å². The van der Waals surface area contributed by atoms with Crippen molar-refractivity contribution in [1.82, 2.24) is 0 Å². The van der Waals surface area contributed by atoms with E-state index in [1.165, 1.54) is 0 Å². The number of nitrogen functional groups attached to an aromatic ring is 1. The predicted molar refractivity (Wildman–Crippen MR) is 55.9 cm³/mol. The van der Waals surface area contributed by atoms with E-state index in [9.17, 15) is 0 Å². The van der Waals surface area contributed by atoms with Crippen LogP contribution in [-0.2, 0) is 0 Å². The van der Waals surface area contributed by atoms with Crippen LogP contribution in [0.3, 0.4) is 0 Å². The number of nitrogens with two attached hydrogens (primary N) is 1. The first-order valence-corrected chi connectivity index (χ1v) is 4.78. The molecule has 13 heavy (non-hydrogen) atoms. The summed E-state index contributed by atoms with van der Waals surface area (Å²) in [6, 6.07) is 7.54. The maximum Gasteiger partial charge on any atom is 0.119 e. The molecule has 0 saturated carbocycles. The van der Waals surface area contributed by atoms with Crippen molar-refractivity contribution < 1.29 is 4.74 Å². The maximum absolute atomic E-state index is 5.71. The van der Waals surface area contributed by atoms with Crippen molar-refractivity contribution in [2.75, 3.05) is 5.73 Å². The minimum absolute atomic E-state index is 0.323. The molecule has 0 aliphatic carbocycles. The molecule has 2 nitrogen and oxygen atoms in total. The first-order valence-electron chi connectivity index (χ1n) is 4.78. The Morgan fingerprint density at radius 2 is 1.69 bits per heavy atom. The molecule has 1 rings (SSSR count). The Labute approximate surface area is 79.7 Å². The Morgan fingerprint density at radius 3 is 2.15 bits per heavy atom. The standard InChI is InChI=1S/C11H17NO/c1-3-10(4-2)13-11-7-5-9(12)6-8-11/h5-8,10H,3-4,12H2,1-2H3. The summed E-state index contributed by atoms with van der Waals surface area (Å²) in [5.41, 5.74) is 6.34. The summed E-state index contributed by atoms with van der Waals surface area (Å²) in [7, 11) is 0. The molecule has 1 aromatic carbocycles. The first-order chi connectivity index (χ1) is 6.26. The normalized spacial score (nSPS) is 10.4. The molecule has 0 atom stereocenters. The lowest BCUT2D eigenvalue weighted by Crippen LogP contribution is -2.13. The van der Waals surface area contributed by atoms with Crippen LogP contribution in [0.25, 0.3) is 0 Å². The third-order valence-corrected chi connectivity index (χ3v) is 2.09. The smallest absolute Gasteiger partial charge is 0.119 e. The van der Waals surface area contributed by atoms with Crippen molar-refractivity contribution in [2.45, 2.75) is 32.8 Å². The Balaban J connectivity index is 2.58. The first kappa shape index (κ1) is 9.90. The quantitative estimate of drug-likeness (QED) is 0.721. The Bertz CT molecular complexity index is 239. The average Bonchev–Trinajstić information content (AvgIpc) is 2.17. The summed E-state index contributed by atoms with van der Waals surface area (Å²) >= 11 is 0. The zero-order valence-corrected chi connectivity index (χ0v) is 8.29. The number of ether oxygens (including phenoxy) is 1. The molecule has 2 heteroatoms. The lowest BCUT2D eigenvalue weighted by Gasteiger charge is -2.15. The minimum atomic E-state index is 0.323. The van der Waals surface area contributed by atoms with E-state index in [1.807, 2.05) is 24.3 Å². The van der Waals surface area contributed by atoms with Gasteiger partial charge in [-0.2, -0.15) is 0 Å². The van der Waals surface area contributed by atoms with Gasteiger partial charge in [0, 0.05) is 5.69 Å². The van der Waals surface area contributed by atoms with Crippen molar-refractivity contribution in [2.24, 2.45) is 0 Å². The summed E-state index contributed by atoms with van der Waals surface area (Å²) in [6.07, 6.45) is 2.41. The highest BCUT2D eigenvalue weighted by atomic mass is 16.5. The van der Waals surface area contributed by atoms with Gasteiger partial charge in [-0.1, -0.05) is 13.8 Å². The van der Waals surface area contributed by atoms with Crippen molar-refractivity contribution >= 4 is 5.69 Å². The van der Waals surface area contributed by atoms with E-state index in [-0.39, 0.29) is 0 Å². The van der Waals surface area contributed by atoms with Gasteiger partial charge in [0.1, 0.15) is 5.75 Å². The molecule has 72 valence electrons. The van der Waals surface area contributed by atoms with Crippen LogP contribution in [0, 0.1) is 0 Å². The monoisotopic (exact) mass is 179 g/mol. The topological polar surface area (TPSA) is 35.2 Å². The van der Waals surface area contributed by atoms with Gasteiger partial charge in [-0.05, 0) is 37.1 Å². The van der Waals surface area contributed by atoms with Gasteiger partial charge < -0.3 is 10.5 Å². The molecule has 0 aliphatic heterocycles. The van der Waals surface area contributed by atoms with Crippen LogP contribution in [-0.4, -0.2) is 6.10 Å². The fourth-order valence-corrected chi connectivity index (χ4v) is 1.19. The van der Waals surface area contributed by atoms with Gasteiger partial charge in [0.25, 0.3) is 0 Å². The molecule has 0 radical (unpaired) electrons. The van der Waals surface area contributed by atoms with Gasteiger partial charge in [0.2, 0.25) is 0 Å². The van der Waals surface area contributed by atoms with Crippen LogP contribution in [0.2, 0.25) is 0 Å². The van der Waals surface area contributed by atoms with E-state index >= 15 is 0 Å². The van der Waals surface area contributed by atoms with Crippen LogP contribution in [0.5, 0.6) is 5.75 Å². The molecule has 0 saturated heterocycles. The van der Waals surface area contributed by atoms with Crippen LogP contribution in [0.1, 0.15) is 26.7 Å². The molecule has 0 fully saturated rings. The fourth-order valence-electron chi connectivity index (χ4n) is 1.19. The van der Waals surface area contributed by atoms with Gasteiger partial charge in [0.05, 0.1) is 6.10 Å². The maximum atomic E-state index is 5.71. The predicted octanol–water partition coefficient (Wildman–Crippen LogP) is 2.84. The van der Waals surface area contributed by atoms with E-state index in [0.29, 0.717) is 6.10 Å². The van der Waals surface area contributed by atoms with E-state index in [1.54, 1.807) is 0 Å². The molecular formula is C11H17NO. The molecule has 0 aromatic heterocycles. The highest BCUT2D eigenvalue weighted by Crippen LogP contribution is 2.16. The molecule has 1 aromatic rings. The van der Waals surface area contributed by atoms with Crippen molar-refractivity contribution in [3.63, 3.8) is 0 Å². The molecule has 0 amide bonds.